The van der Waals surface area contributed by atoms with Crippen LogP contribution >= 0.6 is 0 Å². The van der Waals surface area contributed by atoms with Crippen LogP contribution in [0, 0.1) is 34.0 Å². The number of hydrogen-bond acceptors (Lipinski definition) is 6. The van der Waals surface area contributed by atoms with E-state index in [1.807, 2.05) is 0 Å². The van der Waals surface area contributed by atoms with Crippen LogP contribution in [0.5, 0.6) is 0 Å². The van der Waals surface area contributed by atoms with Gasteiger partial charge < -0.3 is 19.7 Å². The van der Waals surface area contributed by atoms with Crippen LogP contribution in [-0.4, -0.2) is 46.6 Å². The van der Waals surface area contributed by atoms with E-state index < -0.39 is 40.7 Å². The normalized spacial score (nSPS) is 53.5. The minimum Gasteiger partial charge on any atom is -0.462 e. The fourth-order valence-corrected chi connectivity index (χ4v) is 8.00. The Labute approximate surface area is 165 Å². The Balaban J connectivity index is 1.76. The van der Waals surface area contributed by atoms with E-state index >= 15 is 0 Å². The van der Waals surface area contributed by atoms with E-state index in [1.54, 1.807) is 0 Å². The van der Waals surface area contributed by atoms with Crippen molar-refractivity contribution < 1.29 is 29.3 Å². The third-order valence-electron chi connectivity index (χ3n) is 9.09. The molecule has 4 bridgehead atoms. The summed E-state index contributed by atoms with van der Waals surface area (Å²) in [6, 6.07) is 0. The van der Waals surface area contributed by atoms with Crippen molar-refractivity contribution in [2.24, 2.45) is 34.0 Å². The quantitative estimate of drug-likeness (QED) is 0.525. The number of fused-ring (bicyclic) bond motifs is 2. The summed E-state index contributed by atoms with van der Waals surface area (Å²) in [7, 11) is 0. The largest absolute Gasteiger partial charge is 0.462 e. The highest BCUT2D eigenvalue weighted by molar-refractivity contribution is 6.04. The summed E-state index contributed by atoms with van der Waals surface area (Å²) in [5.41, 5.74) is -1.51. The maximum atomic E-state index is 13.5. The first-order valence-electron chi connectivity index (χ1n) is 10.4. The Morgan fingerprint density at radius 1 is 1.32 bits per heavy atom. The van der Waals surface area contributed by atoms with Crippen LogP contribution in [0.3, 0.4) is 0 Å². The van der Waals surface area contributed by atoms with Gasteiger partial charge in [-0.05, 0) is 48.5 Å². The van der Waals surface area contributed by atoms with Crippen molar-refractivity contribution in [2.75, 3.05) is 6.61 Å². The molecule has 6 heteroatoms. The Bertz CT molecular complexity index is 788. The number of ketones is 1. The van der Waals surface area contributed by atoms with Gasteiger partial charge in [-0.1, -0.05) is 20.4 Å². The van der Waals surface area contributed by atoms with Crippen LogP contribution in [0.1, 0.15) is 52.9 Å². The molecule has 6 rings (SSSR count). The van der Waals surface area contributed by atoms with Crippen LogP contribution in [0.15, 0.2) is 12.2 Å². The first-order valence-corrected chi connectivity index (χ1v) is 10.4. The minimum absolute atomic E-state index is 0.0191. The molecule has 0 aromatic carbocycles. The van der Waals surface area contributed by atoms with Gasteiger partial charge in [0.15, 0.2) is 11.6 Å². The molecule has 0 amide bonds. The third kappa shape index (κ3) is 1.86. The number of hydrogen-bond donors (Lipinski definition) is 2. The minimum atomic E-state index is -1.61. The van der Waals surface area contributed by atoms with Crippen molar-refractivity contribution in [1.82, 2.24) is 0 Å². The molecule has 2 spiro atoms. The molecule has 4 saturated carbocycles. The Hall–Kier alpha value is -1.24. The molecule has 28 heavy (non-hydrogen) atoms. The van der Waals surface area contributed by atoms with E-state index in [0.717, 1.165) is 6.42 Å². The fraction of sp³-hybridized carbons (Fsp3) is 0.818. The van der Waals surface area contributed by atoms with Gasteiger partial charge in [-0.2, -0.15) is 0 Å². The number of aliphatic hydroxyl groups excluding tert-OH is 1. The molecule has 0 aromatic rings. The maximum absolute atomic E-state index is 13.5. The van der Waals surface area contributed by atoms with Crippen LogP contribution in [0.4, 0.5) is 0 Å². The molecule has 2 N–H and O–H groups in total. The monoisotopic (exact) mass is 390 g/mol. The second-order valence-electron chi connectivity index (χ2n) is 10.6. The first kappa shape index (κ1) is 18.8. The van der Waals surface area contributed by atoms with Gasteiger partial charge in [-0.25, -0.2) is 0 Å². The number of allylic oxidation sites excluding steroid dienone is 1. The highest BCUT2D eigenvalue weighted by Gasteiger charge is 2.83. The van der Waals surface area contributed by atoms with E-state index in [4.69, 9.17) is 9.47 Å². The van der Waals surface area contributed by atoms with Crippen LogP contribution in [0.2, 0.25) is 0 Å². The van der Waals surface area contributed by atoms with Crippen molar-refractivity contribution in [3.63, 3.8) is 0 Å². The standard InChI is InChI=1S/C22H30O6/c1-11-13-7-14(28-12(2)23)17-20-10-27-22(26,21(17,8-13)18(11)25)9-15(20)19(3,4)6-5-16(20)24/h13-17,24,26H,1,5-10H2,2-4H3/t13-,14+,15-,16+,17+,20+,21+,22-/m1/s1. The fourth-order valence-electron chi connectivity index (χ4n) is 8.00. The number of rotatable bonds is 1. The third-order valence-corrected chi connectivity index (χ3v) is 9.09. The van der Waals surface area contributed by atoms with Crippen LogP contribution in [-0.2, 0) is 19.1 Å². The van der Waals surface area contributed by atoms with E-state index in [1.165, 1.54) is 6.92 Å². The highest BCUT2D eigenvalue weighted by atomic mass is 16.6. The molecular formula is C22H30O6. The predicted molar refractivity (Wildman–Crippen MR) is 98.8 cm³/mol. The molecule has 0 aromatic heterocycles. The summed E-state index contributed by atoms with van der Waals surface area (Å²) < 4.78 is 11.8. The zero-order chi connectivity index (χ0) is 20.3. The summed E-state index contributed by atoms with van der Waals surface area (Å²) in [4.78, 5) is 25.5. The van der Waals surface area contributed by atoms with E-state index in [9.17, 15) is 19.8 Å². The number of aliphatic hydroxyl groups is 2. The molecule has 154 valence electrons. The van der Waals surface area contributed by atoms with Crippen molar-refractivity contribution in [2.45, 2.75) is 70.9 Å². The molecule has 6 fully saturated rings. The van der Waals surface area contributed by atoms with E-state index in [2.05, 4.69) is 20.4 Å². The SMILES string of the molecule is C=C1C(=O)[C@]23C[C@H]1C[C@H](OC(C)=O)[C@H]2[C@@]12CO[C@]3(O)C[C@@H]1C(C)(C)CC[C@@H]2O. The maximum Gasteiger partial charge on any atom is 0.302 e. The van der Waals surface area contributed by atoms with Gasteiger partial charge in [0.25, 0.3) is 0 Å². The number of Topliss-reactive ketones (excluding diaryl/α,β-unsaturated/α-hetero) is 1. The second kappa shape index (κ2) is 5.27. The summed E-state index contributed by atoms with van der Waals surface area (Å²) in [6.07, 6.45) is 1.59. The number of carbonyl (C=O) groups is 2. The van der Waals surface area contributed by atoms with Gasteiger partial charge in [0.1, 0.15) is 6.10 Å². The van der Waals surface area contributed by atoms with Gasteiger partial charge >= 0.3 is 5.97 Å². The molecule has 2 saturated heterocycles. The smallest absolute Gasteiger partial charge is 0.302 e. The summed E-state index contributed by atoms with van der Waals surface area (Å²) >= 11 is 0. The second-order valence-corrected chi connectivity index (χ2v) is 10.6. The summed E-state index contributed by atoms with van der Waals surface area (Å²) in [6.45, 7) is 9.93. The van der Waals surface area contributed by atoms with Crippen LogP contribution < -0.4 is 0 Å². The molecule has 2 aliphatic heterocycles. The van der Waals surface area contributed by atoms with Crippen molar-refractivity contribution in [3.05, 3.63) is 12.2 Å². The zero-order valence-electron chi connectivity index (χ0n) is 16.9. The first-order chi connectivity index (χ1) is 13.0. The molecule has 6 aliphatic rings. The summed E-state index contributed by atoms with van der Waals surface area (Å²) in [5.74, 6) is -2.76. The predicted octanol–water partition coefficient (Wildman–Crippen LogP) is 1.98. The Morgan fingerprint density at radius 3 is 2.71 bits per heavy atom. The zero-order valence-corrected chi connectivity index (χ0v) is 16.9. The highest BCUT2D eigenvalue weighted by Crippen LogP contribution is 2.76. The molecule has 8 atom stereocenters. The van der Waals surface area contributed by atoms with Crippen LogP contribution in [0.25, 0.3) is 0 Å². The lowest BCUT2D eigenvalue weighted by Gasteiger charge is -2.73. The van der Waals surface area contributed by atoms with Crippen molar-refractivity contribution in [1.29, 1.82) is 0 Å². The molecular weight excluding hydrogens is 360 g/mol. The van der Waals surface area contributed by atoms with Crippen molar-refractivity contribution >= 4 is 11.8 Å². The number of esters is 1. The molecule has 6 nitrogen and oxygen atoms in total. The average molecular weight is 390 g/mol. The van der Waals surface area contributed by atoms with E-state index in [0.29, 0.717) is 31.3 Å². The molecule has 2 heterocycles. The topological polar surface area (TPSA) is 93.1 Å². The number of ether oxygens (including phenoxy) is 2. The Morgan fingerprint density at radius 2 is 2.04 bits per heavy atom. The Kier molecular flexibility index (Phi) is 3.53. The molecule has 4 aliphatic carbocycles. The van der Waals surface area contributed by atoms with E-state index in [-0.39, 0.29) is 29.6 Å². The van der Waals surface area contributed by atoms with Gasteiger partial charge in [-0.15, -0.1) is 0 Å². The average Bonchev–Trinajstić information content (AvgIpc) is 2.81. The number of carbonyl (C=O) groups excluding carboxylic acids is 2. The molecule has 0 unspecified atom stereocenters. The molecule has 0 radical (unpaired) electrons. The van der Waals surface area contributed by atoms with Gasteiger partial charge in [0, 0.05) is 24.7 Å². The lowest BCUT2D eigenvalue weighted by Crippen LogP contribution is -2.80. The van der Waals surface area contributed by atoms with Crippen molar-refractivity contribution in [3.8, 4) is 0 Å². The van der Waals surface area contributed by atoms with Gasteiger partial charge in [0.05, 0.1) is 18.1 Å². The van der Waals surface area contributed by atoms with Gasteiger partial charge in [-0.3, -0.25) is 9.59 Å². The summed E-state index contributed by atoms with van der Waals surface area (Å²) in [5, 5.41) is 23.1. The van der Waals surface area contributed by atoms with Gasteiger partial charge in [0.2, 0.25) is 0 Å². The lowest BCUT2D eigenvalue weighted by molar-refractivity contribution is -0.423. The lowest BCUT2D eigenvalue weighted by atomic mass is 9.36.